The number of Topliss-reactive ketones (excluding diaryl/α,β-unsaturated/α-hetero) is 1. The molecule has 0 bridgehead atoms. The van der Waals surface area contributed by atoms with Gasteiger partial charge in [-0.2, -0.15) is 0 Å². The minimum absolute atomic E-state index is 0.120. The Labute approximate surface area is 153 Å². The second-order valence-electron chi connectivity index (χ2n) is 6.20. The van der Waals surface area contributed by atoms with Gasteiger partial charge in [-0.15, -0.1) is 0 Å². The summed E-state index contributed by atoms with van der Waals surface area (Å²) in [6, 6.07) is 20.6. The van der Waals surface area contributed by atoms with E-state index >= 15 is 0 Å². The monoisotopic (exact) mass is 348 g/mol. The third-order valence-electron chi connectivity index (χ3n) is 4.37. The maximum absolute atomic E-state index is 14.2. The molecule has 3 heteroatoms. The highest BCUT2D eigenvalue weighted by atomic mass is 19.1. The number of carbonyl (C=O) groups is 1. The highest BCUT2D eigenvalue weighted by Crippen LogP contribution is 2.29. The predicted molar refractivity (Wildman–Crippen MR) is 102 cm³/mol. The number of rotatable bonds is 6. The van der Waals surface area contributed by atoms with E-state index in [1.807, 2.05) is 48.5 Å². The number of benzene rings is 3. The lowest BCUT2D eigenvalue weighted by Gasteiger charge is -2.13. The third-order valence-corrected chi connectivity index (χ3v) is 4.37. The molecule has 3 rings (SSSR count). The highest BCUT2D eigenvalue weighted by Gasteiger charge is 2.11. The molecule has 0 heterocycles. The normalized spacial score (nSPS) is 10.6. The molecule has 0 aliphatic rings. The molecule has 2 nitrogen and oxygen atoms in total. The van der Waals surface area contributed by atoms with Gasteiger partial charge in [0.25, 0.3) is 0 Å². The van der Waals surface area contributed by atoms with Crippen LogP contribution in [-0.2, 0) is 13.0 Å². The zero-order chi connectivity index (χ0) is 18.5. The van der Waals surface area contributed by atoms with Crippen LogP contribution < -0.4 is 4.74 Å². The Hall–Kier alpha value is -2.94. The molecule has 0 spiro atoms. The lowest BCUT2D eigenvalue weighted by Crippen LogP contribution is -1.99. The molecule has 0 saturated heterocycles. The predicted octanol–water partition coefficient (Wildman–Crippen LogP) is 5.84. The van der Waals surface area contributed by atoms with Crippen LogP contribution in [0.2, 0.25) is 0 Å². The van der Waals surface area contributed by atoms with Gasteiger partial charge >= 0.3 is 0 Å². The maximum atomic E-state index is 14.2. The second-order valence-corrected chi connectivity index (χ2v) is 6.20. The average Bonchev–Trinajstić information content (AvgIpc) is 2.66. The Morgan fingerprint density at radius 2 is 1.77 bits per heavy atom. The molecule has 0 saturated carbocycles. The van der Waals surface area contributed by atoms with Crippen molar-refractivity contribution in [3.05, 3.63) is 89.2 Å². The molecule has 0 atom stereocenters. The van der Waals surface area contributed by atoms with E-state index in [0.717, 1.165) is 34.4 Å². The Kier molecular flexibility index (Phi) is 5.47. The van der Waals surface area contributed by atoms with Crippen molar-refractivity contribution in [2.75, 3.05) is 0 Å². The van der Waals surface area contributed by atoms with Crippen molar-refractivity contribution >= 4 is 5.78 Å². The molecular formula is C23H21FO2. The molecule has 0 N–H and O–H groups in total. The summed E-state index contributed by atoms with van der Waals surface area (Å²) >= 11 is 0. The summed E-state index contributed by atoms with van der Waals surface area (Å²) < 4.78 is 20.0. The van der Waals surface area contributed by atoms with Crippen LogP contribution in [-0.4, -0.2) is 5.78 Å². The summed E-state index contributed by atoms with van der Waals surface area (Å²) in [7, 11) is 0. The Balaban J connectivity index is 1.85. The summed E-state index contributed by atoms with van der Waals surface area (Å²) in [4.78, 5) is 11.4. The first kappa shape index (κ1) is 17.9. The van der Waals surface area contributed by atoms with Crippen molar-refractivity contribution in [2.45, 2.75) is 26.9 Å². The second kappa shape index (κ2) is 7.96. The van der Waals surface area contributed by atoms with Gasteiger partial charge in [-0.1, -0.05) is 49.4 Å². The molecule has 0 aliphatic carbocycles. The Morgan fingerprint density at radius 1 is 1.00 bits per heavy atom. The van der Waals surface area contributed by atoms with Gasteiger partial charge < -0.3 is 4.74 Å². The molecule has 3 aromatic carbocycles. The zero-order valence-electron chi connectivity index (χ0n) is 15.0. The lowest BCUT2D eigenvalue weighted by molar-refractivity contribution is 0.101. The smallest absolute Gasteiger partial charge is 0.162 e. The van der Waals surface area contributed by atoms with Gasteiger partial charge in [-0.05, 0) is 59.9 Å². The van der Waals surface area contributed by atoms with E-state index < -0.39 is 5.82 Å². The van der Waals surface area contributed by atoms with E-state index in [-0.39, 0.29) is 11.3 Å². The van der Waals surface area contributed by atoms with Gasteiger partial charge in [0.2, 0.25) is 0 Å². The summed E-state index contributed by atoms with van der Waals surface area (Å²) in [6.07, 6.45) is 0.800. The van der Waals surface area contributed by atoms with Crippen molar-refractivity contribution < 1.29 is 13.9 Å². The first-order valence-corrected chi connectivity index (χ1v) is 8.69. The maximum Gasteiger partial charge on any atom is 0.162 e. The number of hydrogen-bond acceptors (Lipinski definition) is 2. The topological polar surface area (TPSA) is 26.3 Å². The molecule has 3 aromatic rings. The van der Waals surface area contributed by atoms with Crippen LogP contribution in [0.3, 0.4) is 0 Å². The van der Waals surface area contributed by atoms with Crippen LogP contribution in [0, 0.1) is 5.82 Å². The molecule has 0 amide bonds. The molecule has 0 radical (unpaired) electrons. The minimum Gasteiger partial charge on any atom is -0.489 e. The molecular weight excluding hydrogens is 327 g/mol. The van der Waals surface area contributed by atoms with Gasteiger partial charge in [0.05, 0.1) is 5.56 Å². The molecule has 0 aliphatic heterocycles. The molecule has 0 unspecified atom stereocenters. The summed E-state index contributed by atoms with van der Waals surface area (Å²) in [5, 5.41) is 0. The highest BCUT2D eigenvalue weighted by molar-refractivity contribution is 5.94. The largest absolute Gasteiger partial charge is 0.489 e. The van der Waals surface area contributed by atoms with Crippen molar-refractivity contribution in [1.82, 2.24) is 0 Å². The van der Waals surface area contributed by atoms with Gasteiger partial charge in [0.1, 0.15) is 18.2 Å². The SMILES string of the molecule is CCc1cc(OCc2ccccc2)ccc1-c1ccc(C(C)=O)c(F)c1. The molecule has 0 aromatic heterocycles. The number of halogens is 1. The van der Waals surface area contributed by atoms with Gasteiger partial charge in [0.15, 0.2) is 5.78 Å². The fourth-order valence-electron chi connectivity index (χ4n) is 2.94. The van der Waals surface area contributed by atoms with E-state index in [0.29, 0.717) is 6.61 Å². The lowest BCUT2D eigenvalue weighted by atomic mass is 9.96. The summed E-state index contributed by atoms with van der Waals surface area (Å²) in [6.45, 7) is 3.93. The molecule has 0 fully saturated rings. The van der Waals surface area contributed by atoms with Crippen molar-refractivity contribution in [3.63, 3.8) is 0 Å². The Bertz CT molecular complexity index is 917. The standard InChI is InChI=1S/C23H21FO2/c1-3-18-13-20(26-15-17-7-5-4-6-8-17)10-12-22(18)19-9-11-21(16(2)25)23(24)14-19/h4-14H,3,15H2,1-2H3. The number of carbonyl (C=O) groups excluding carboxylic acids is 1. The first-order chi connectivity index (χ1) is 12.6. The van der Waals surface area contributed by atoms with Gasteiger partial charge in [-0.25, -0.2) is 4.39 Å². The van der Waals surface area contributed by atoms with E-state index in [1.54, 1.807) is 12.1 Å². The van der Waals surface area contributed by atoms with Crippen molar-refractivity contribution in [2.24, 2.45) is 0 Å². The van der Waals surface area contributed by atoms with Crippen LogP contribution in [0.5, 0.6) is 5.75 Å². The quantitative estimate of drug-likeness (QED) is 0.523. The molecule has 26 heavy (non-hydrogen) atoms. The van der Waals surface area contributed by atoms with E-state index in [1.165, 1.54) is 13.0 Å². The van der Waals surface area contributed by atoms with E-state index in [9.17, 15) is 9.18 Å². The fourth-order valence-corrected chi connectivity index (χ4v) is 2.94. The van der Waals surface area contributed by atoms with E-state index in [4.69, 9.17) is 4.74 Å². The number of ether oxygens (including phenoxy) is 1. The summed E-state index contributed by atoms with van der Waals surface area (Å²) in [5.74, 6) is 0.0335. The third kappa shape index (κ3) is 3.99. The van der Waals surface area contributed by atoms with Crippen LogP contribution in [0.15, 0.2) is 66.7 Å². The van der Waals surface area contributed by atoms with Crippen LogP contribution >= 0.6 is 0 Å². The van der Waals surface area contributed by atoms with Crippen LogP contribution in [0.4, 0.5) is 4.39 Å². The van der Waals surface area contributed by atoms with Gasteiger partial charge in [0, 0.05) is 0 Å². The van der Waals surface area contributed by atoms with E-state index in [2.05, 4.69) is 6.92 Å². The van der Waals surface area contributed by atoms with Crippen LogP contribution in [0.1, 0.15) is 35.3 Å². The number of aryl methyl sites for hydroxylation is 1. The first-order valence-electron chi connectivity index (χ1n) is 8.69. The van der Waals surface area contributed by atoms with Gasteiger partial charge in [-0.3, -0.25) is 4.79 Å². The number of ketones is 1. The summed E-state index contributed by atoms with van der Waals surface area (Å²) in [5.41, 5.74) is 4.02. The van der Waals surface area contributed by atoms with Crippen molar-refractivity contribution in [1.29, 1.82) is 0 Å². The fraction of sp³-hybridized carbons (Fsp3) is 0.174. The van der Waals surface area contributed by atoms with Crippen molar-refractivity contribution in [3.8, 4) is 16.9 Å². The molecule has 132 valence electrons. The minimum atomic E-state index is -0.485. The van der Waals surface area contributed by atoms with Crippen LogP contribution in [0.25, 0.3) is 11.1 Å². The Morgan fingerprint density at radius 3 is 2.42 bits per heavy atom. The zero-order valence-corrected chi connectivity index (χ0v) is 15.0. The number of hydrogen-bond donors (Lipinski definition) is 0. The average molecular weight is 348 g/mol.